The largest absolute Gasteiger partial charge is 0.466 e. The van der Waals surface area contributed by atoms with E-state index in [0.717, 1.165) is 27.3 Å². The van der Waals surface area contributed by atoms with Crippen LogP contribution in [0.3, 0.4) is 0 Å². The number of ether oxygens (including phenoxy) is 1. The summed E-state index contributed by atoms with van der Waals surface area (Å²) >= 11 is 1.20. The van der Waals surface area contributed by atoms with Crippen molar-refractivity contribution in [1.29, 1.82) is 5.26 Å². The topological polar surface area (TPSA) is 99.4 Å². The van der Waals surface area contributed by atoms with Crippen LogP contribution in [0.2, 0.25) is 0 Å². The van der Waals surface area contributed by atoms with Crippen molar-refractivity contribution >= 4 is 46.2 Å². The summed E-state index contributed by atoms with van der Waals surface area (Å²) in [6.45, 7) is 1.26. The number of benzene rings is 3. The highest BCUT2D eigenvalue weighted by atomic mass is 32.2. The Morgan fingerprint density at radius 1 is 1.14 bits per heavy atom. The normalized spacial score (nSPS) is 13.2. The quantitative estimate of drug-likeness (QED) is 0.249. The second kappa shape index (κ2) is 10.8. The number of esters is 1. The van der Waals surface area contributed by atoms with Crippen LogP contribution in [-0.2, 0) is 20.5 Å². The average molecular weight is 515 g/mol. The van der Waals surface area contributed by atoms with E-state index in [1.165, 1.54) is 44.0 Å². The first-order valence-corrected chi connectivity index (χ1v) is 11.5. The molecule has 186 valence electrons. The van der Waals surface area contributed by atoms with Gasteiger partial charge in [0.05, 0.1) is 24.3 Å². The lowest BCUT2D eigenvalue weighted by molar-refractivity contribution is -0.138. The Morgan fingerprint density at radius 2 is 1.83 bits per heavy atom. The highest BCUT2D eigenvalue weighted by molar-refractivity contribution is 7.99. The van der Waals surface area contributed by atoms with E-state index >= 15 is 0 Å². The van der Waals surface area contributed by atoms with Crippen LogP contribution in [0.25, 0.3) is 16.8 Å². The van der Waals surface area contributed by atoms with Crippen LogP contribution in [0.5, 0.6) is 0 Å². The first-order valence-electron chi connectivity index (χ1n) is 10.5. The number of nitrogens with zero attached hydrogens (tertiary/aromatic N) is 1. The molecule has 0 heterocycles. The van der Waals surface area contributed by atoms with Gasteiger partial charge in [0.1, 0.15) is 5.60 Å². The molecule has 10 heteroatoms. The van der Waals surface area contributed by atoms with Gasteiger partial charge in [0.25, 0.3) is 5.91 Å². The monoisotopic (exact) mass is 514 g/mol. The Bertz CT molecular complexity index is 1380. The number of thioether (sulfide) groups is 1. The van der Waals surface area contributed by atoms with Crippen molar-refractivity contribution in [3.63, 3.8) is 0 Å². The molecule has 0 aromatic heterocycles. The van der Waals surface area contributed by atoms with Gasteiger partial charge in [-0.25, -0.2) is 4.79 Å². The number of amides is 1. The summed E-state index contributed by atoms with van der Waals surface area (Å²) in [4.78, 5) is 24.9. The molecule has 1 unspecified atom stereocenters. The van der Waals surface area contributed by atoms with E-state index in [1.807, 2.05) is 24.3 Å². The third-order valence-electron chi connectivity index (χ3n) is 5.22. The van der Waals surface area contributed by atoms with Gasteiger partial charge in [-0.1, -0.05) is 30.3 Å². The Labute approximate surface area is 209 Å². The lowest BCUT2D eigenvalue weighted by atomic mass is 10.0. The van der Waals surface area contributed by atoms with Crippen LogP contribution in [-0.4, -0.2) is 35.4 Å². The van der Waals surface area contributed by atoms with Crippen molar-refractivity contribution in [1.82, 2.24) is 0 Å². The van der Waals surface area contributed by atoms with Crippen molar-refractivity contribution in [2.75, 3.05) is 18.2 Å². The maximum atomic E-state index is 13.2. The lowest BCUT2D eigenvalue weighted by Gasteiger charge is -2.23. The van der Waals surface area contributed by atoms with E-state index in [-0.39, 0.29) is 11.4 Å². The Kier molecular flexibility index (Phi) is 8.07. The minimum Gasteiger partial charge on any atom is -0.466 e. The Hall–Kier alpha value is -3.81. The molecule has 0 saturated carbocycles. The first kappa shape index (κ1) is 26.8. The molecule has 0 fully saturated rings. The molecule has 0 radical (unpaired) electrons. The van der Waals surface area contributed by atoms with Crippen molar-refractivity contribution in [2.24, 2.45) is 0 Å². The van der Waals surface area contributed by atoms with Gasteiger partial charge in [-0.3, -0.25) is 4.79 Å². The second-order valence-electron chi connectivity index (χ2n) is 7.94. The SMILES string of the molecule is COC(=O)C=Cc1cccc2c(SCC(C)(O)C(=O)Nc3ccc(C#N)c(C(F)(F)F)c3)cccc12. The van der Waals surface area contributed by atoms with Crippen molar-refractivity contribution < 1.29 is 32.6 Å². The predicted molar refractivity (Wildman–Crippen MR) is 131 cm³/mol. The number of nitrogens with one attached hydrogen (secondary N) is 1. The molecule has 3 rings (SSSR count). The van der Waals surface area contributed by atoms with Crippen LogP contribution in [0.15, 0.2) is 65.6 Å². The van der Waals surface area contributed by atoms with Crippen LogP contribution in [0.1, 0.15) is 23.6 Å². The number of anilines is 1. The van der Waals surface area contributed by atoms with Gasteiger partial charge in [-0.05, 0) is 53.6 Å². The van der Waals surface area contributed by atoms with Crippen molar-refractivity contribution in [3.8, 4) is 6.07 Å². The molecule has 0 bridgehead atoms. The molecule has 0 aliphatic heterocycles. The van der Waals surface area contributed by atoms with Gasteiger partial charge in [0.15, 0.2) is 0 Å². The third-order valence-corrected chi connectivity index (χ3v) is 6.59. The molecule has 2 N–H and O–H groups in total. The number of hydrogen-bond acceptors (Lipinski definition) is 6. The number of fused-ring (bicyclic) bond motifs is 1. The molecular formula is C26H21F3N2O4S. The van der Waals surface area contributed by atoms with Crippen LogP contribution < -0.4 is 5.32 Å². The molecule has 0 aliphatic carbocycles. The van der Waals surface area contributed by atoms with Gasteiger partial charge in [-0.15, -0.1) is 11.8 Å². The number of nitriles is 1. The van der Waals surface area contributed by atoms with Gasteiger partial charge in [0, 0.05) is 22.4 Å². The van der Waals surface area contributed by atoms with E-state index < -0.39 is 34.8 Å². The van der Waals surface area contributed by atoms with Crippen molar-refractivity contribution in [2.45, 2.75) is 23.6 Å². The summed E-state index contributed by atoms with van der Waals surface area (Å²) in [5.41, 5.74) is -3.10. The first-order chi connectivity index (χ1) is 17.0. The van der Waals surface area contributed by atoms with Gasteiger partial charge < -0.3 is 15.2 Å². The molecule has 6 nitrogen and oxygen atoms in total. The second-order valence-corrected chi connectivity index (χ2v) is 8.96. The summed E-state index contributed by atoms with van der Waals surface area (Å²) < 4.78 is 44.3. The summed E-state index contributed by atoms with van der Waals surface area (Å²) in [6, 6.07) is 15.2. The molecule has 36 heavy (non-hydrogen) atoms. The molecule has 1 amide bonds. The smallest absolute Gasteiger partial charge is 0.417 e. The maximum Gasteiger partial charge on any atom is 0.417 e. The lowest BCUT2D eigenvalue weighted by Crippen LogP contribution is -2.42. The van der Waals surface area contributed by atoms with Crippen molar-refractivity contribution in [3.05, 3.63) is 77.4 Å². The summed E-state index contributed by atoms with van der Waals surface area (Å²) in [7, 11) is 1.28. The highest BCUT2D eigenvalue weighted by Crippen LogP contribution is 2.35. The van der Waals surface area contributed by atoms with Crippen LogP contribution in [0, 0.1) is 11.3 Å². The fourth-order valence-electron chi connectivity index (χ4n) is 3.31. The van der Waals surface area contributed by atoms with E-state index in [9.17, 15) is 27.9 Å². The van der Waals surface area contributed by atoms with Gasteiger partial charge >= 0.3 is 12.1 Å². The maximum absolute atomic E-state index is 13.2. The molecule has 0 aliphatic rings. The number of carbonyl (C=O) groups excluding carboxylic acids is 2. The summed E-state index contributed by atoms with van der Waals surface area (Å²) in [5.74, 6) is -1.48. The summed E-state index contributed by atoms with van der Waals surface area (Å²) in [6.07, 6.45) is -1.85. The number of hydrogen-bond donors (Lipinski definition) is 2. The zero-order valence-corrected chi connectivity index (χ0v) is 20.0. The zero-order chi connectivity index (χ0) is 26.5. The number of rotatable bonds is 7. The summed E-state index contributed by atoms with van der Waals surface area (Å²) in [5, 5.41) is 23.6. The number of methoxy groups -OCH3 is 1. The molecule has 0 spiro atoms. The molecule has 3 aromatic rings. The number of halogens is 3. The van der Waals surface area contributed by atoms with Gasteiger partial charge in [-0.2, -0.15) is 18.4 Å². The minimum absolute atomic E-state index is 0.0947. The minimum atomic E-state index is -4.77. The molecule has 1 atom stereocenters. The van der Waals surface area contributed by atoms with E-state index in [4.69, 9.17) is 5.26 Å². The predicted octanol–water partition coefficient (Wildman–Crippen LogP) is 5.40. The van der Waals surface area contributed by atoms with Crippen LogP contribution >= 0.6 is 11.8 Å². The highest BCUT2D eigenvalue weighted by Gasteiger charge is 2.35. The standard InChI is InChI=1S/C26H21F3N2O4S/c1-25(34,24(33)31-18-11-9-17(14-30)21(13-18)26(27,28)29)15-36-22-8-4-6-19-16(5-3-7-20(19)22)10-12-23(32)35-2/h3-13,34H,15H2,1-2H3,(H,31,33). The number of carbonyl (C=O) groups is 2. The molecule has 0 saturated heterocycles. The van der Waals surface area contributed by atoms with E-state index in [2.05, 4.69) is 10.1 Å². The zero-order valence-electron chi connectivity index (χ0n) is 19.2. The average Bonchev–Trinajstić information content (AvgIpc) is 2.85. The Balaban J connectivity index is 1.79. The Morgan fingerprint density at radius 3 is 2.50 bits per heavy atom. The third kappa shape index (κ3) is 6.24. The van der Waals surface area contributed by atoms with E-state index in [0.29, 0.717) is 6.07 Å². The van der Waals surface area contributed by atoms with Gasteiger partial charge in [0.2, 0.25) is 0 Å². The fraction of sp³-hybridized carbons (Fsp3) is 0.192. The fourth-order valence-corrected chi connectivity index (χ4v) is 4.38. The molecular weight excluding hydrogens is 493 g/mol. The van der Waals surface area contributed by atoms with E-state index in [1.54, 1.807) is 18.2 Å². The van der Waals surface area contributed by atoms with Crippen LogP contribution in [0.4, 0.5) is 18.9 Å². The number of aliphatic hydroxyl groups is 1. The molecule has 3 aromatic carbocycles. The number of alkyl halides is 3.